The molecule has 2 rings (SSSR count). The highest BCUT2D eigenvalue weighted by Crippen LogP contribution is 2.34. The van der Waals surface area contributed by atoms with E-state index in [1.807, 2.05) is 6.07 Å². The average molecular weight is 231 g/mol. The zero-order chi connectivity index (χ0) is 10.1. The molecule has 2 nitrogen and oxygen atoms in total. The first kappa shape index (κ1) is 10.2. The Labute approximate surface area is 93.4 Å². The van der Waals surface area contributed by atoms with Gasteiger partial charge in [0.2, 0.25) is 0 Å². The van der Waals surface area contributed by atoms with Crippen molar-refractivity contribution in [2.45, 2.75) is 31.2 Å². The van der Waals surface area contributed by atoms with Gasteiger partial charge in [0.15, 0.2) is 0 Å². The number of halogens is 2. The molecule has 0 aromatic carbocycles. The standard InChI is InChI=1S/C10H12Cl2N2/c11-8-4-6(5-14-10(8)12)7-2-1-3-9(7)13/h4-5,7,9H,1-3,13H2. The lowest BCUT2D eigenvalue weighted by Crippen LogP contribution is -2.22. The van der Waals surface area contributed by atoms with E-state index in [0.29, 0.717) is 16.1 Å². The molecule has 76 valence electrons. The summed E-state index contributed by atoms with van der Waals surface area (Å²) in [7, 11) is 0. The molecule has 0 radical (unpaired) electrons. The van der Waals surface area contributed by atoms with Crippen LogP contribution < -0.4 is 5.73 Å². The molecule has 4 heteroatoms. The molecule has 1 aromatic heterocycles. The summed E-state index contributed by atoms with van der Waals surface area (Å²) in [5.41, 5.74) is 7.11. The Hall–Kier alpha value is -0.310. The van der Waals surface area contributed by atoms with Crippen molar-refractivity contribution >= 4 is 23.2 Å². The molecule has 1 heterocycles. The molecule has 1 fully saturated rings. The summed E-state index contributed by atoms with van der Waals surface area (Å²) >= 11 is 11.7. The number of pyridine rings is 1. The maximum atomic E-state index is 6.00. The maximum Gasteiger partial charge on any atom is 0.147 e. The molecule has 1 aliphatic rings. The van der Waals surface area contributed by atoms with E-state index in [2.05, 4.69) is 4.98 Å². The fourth-order valence-corrected chi connectivity index (χ4v) is 2.32. The van der Waals surface area contributed by atoms with Gasteiger partial charge >= 0.3 is 0 Å². The zero-order valence-electron chi connectivity index (χ0n) is 7.71. The van der Waals surface area contributed by atoms with E-state index in [-0.39, 0.29) is 6.04 Å². The van der Waals surface area contributed by atoms with Gasteiger partial charge < -0.3 is 5.73 Å². The molecule has 2 atom stereocenters. The second-order valence-electron chi connectivity index (χ2n) is 3.74. The quantitative estimate of drug-likeness (QED) is 0.754. The normalized spacial score (nSPS) is 26.8. The van der Waals surface area contributed by atoms with E-state index in [1.54, 1.807) is 6.20 Å². The van der Waals surface area contributed by atoms with Crippen molar-refractivity contribution in [3.8, 4) is 0 Å². The van der Waals surface area contributed by atoms with Crippen molar-refractivity contribution in [2.75, 3.05) is 0 Å². The Balaban J connectivity index is 2.28. The van der Waals surface area contributed by atoms with E-state index < -0.39 is 0 Å². The number of aromatic nitrogens is 1. The first-order chi connectivity index (χ1) is 6.68. The van der Waals surface area contributed by atoms with Gasteiger partial charge in [-0.25, -0.2) is 4.98 Å². The summed E-state index contributed by atoms with van der Waals surface area (Å²) in [6, 6.07) is 2.13. The maximum absolute atomic E-state index is 6.00. The molecule has 0 amide bonds. The molecule has 1 saturated carbocycles. The minimum absolute atomic E-state index is 0.244. The van der Waals surface area contributed by atoms with Gasteiger partial charge in [-0.05, 0) is 24.5 Å². The van der Waals surface area contributed by atoms with Crippen LogP contribution in [0.15, 0.2) is 12.3 Å². The molecular weight excluding hydrogens is 219 g/mol. The van der Waals surface area contributed by atoms with Gasteiger partial charge in [0, 0.05) is 18.2 Å². The molecule has 14 heavy (non-hydrogen) atoms. The number of hydrogen-bond donors (Lipinski definition) is 1. The predicted octanol–water partition coefficient (Wildman–Crippen LogP) is 2.98. The summed E-state index contributed by atoms with van der Waals surface area (Å²) in [6.45, 7) is 0. The van der Waals surface area contributed by atoms with E-state index in [9.17, 15) is 0 Å². The van der Waals surface area contributed by atoms with Gasteiger partial charge in [-0.1, -0.05) is 29.6 Å². The smallest absolute Gasteiger partial charge is 0.147 e. The van der Waals surface area contributed by atoms with Crippen molar-refractivity contribution in [1.82, 2.24) is 4.98 Å². The van der Waals surface area contributed by atoms with Crippen LogP contribution in [0.4, 0.5) is 0 Å². The highest BCUT2D eigenvalue weighted by atomic mass is 35.5. The van der Waals surface area contributed by atoms with Crippen LogP contribution in [0, 0.1) is 0 Å². The summed E-state index contributed by atoms with van der Waals surface area (Å²) in [4.78, 5) is 4.04. The molecule has 0 saturated heterocycles. The van der Waals surface area contributed by atoms with Crippen molar-refractivity contribution in [2.24, 2.45) is 5.73 Å². The zero-order valence-corrected chi connectivity index (χ0v) is 9.22. The Morgan fingerprint density at radius 2 is 2.14 bits per heavy atom. The number of hydrogen-bond acceptors (Lipinski definition) is 2. The van der Waals surface area contributed by atoms with Crippen LogP contribution in [-0.2, 0) is 0 Å². The lowest BCUT2D eigenvalue weighted by molar-refractivity contribution is 0.611. The van der Waals surface area contributed by atoms with Gasteiger partial charge in [0.1, 0.15) is 5.15 Å². The van der Waals surface area contributed by atoms with Crippen LogP contribution in [0.5, 0.6) is 0 Å². The van der Waals surface area contributed by atoms with Crippen molar-refractivity contribution in [3.63, 3.8) is 0 Å². The molecule has 1 aromatic rings. The third kappa shape index (κ3) is 1.88. The first-order valence-electron chi connectivity index (χ1n) is 4.75. The van der Waals surface area contributed by atoms with Gasteiger partial charge in [-0.3, -0.25) is 0 Å². The van der Waals surface area contributed by atoms with Crippen molar-refractivity contribution in [3.05, 3.63) is 28.0 Å². The average Bonchev–Trinajstić information content (AvgIpc) is 2.57. The third-order valence-corrected chi connectivity index (χ3v) is 3.50. The Morgan fingerprint density at radius 3 is 2.71 bits per heavy atom. The van der Waals surface area contributed by atoms with Gasteiger partial charge in [-0.2, -0.15) is 0 Å². The second-order valence-corrected chi connectivity index (χ2v) is 4.51. The Bertz CT molecular complexity index is 341. The van der Waals surface area contributed by atoms with Gasteiger partial charge in [0.25, 0.3) is 0 Å². The molecule has 0 spiro atoms. The highest BCUT2D eigenvalue weighted by Gasteiger charge is 2.25. The van der Waals surface area contributed by atoms with E-state index in [4.69, 9.17) is 28.9 Å². The lowest BCUT2D eigenvalue weighted by Gasteiger charge is -2.15. The first-order valence-corrected chi connectivity index (χ1v) is 5.50. The van der Waals surface area contributed by atoms with Gasteiger partial charge in [0.05, 0.1) is 5.02 Å². The molecule has 2 unspecified atom stereocenters. The van der Waals surface area contributed by atoms with E-state index in [0.717, 1.165) is 18.4 Å². The topological polar surface area (TPSA) is 38.9 Å². The Kier molecular flexibility index (Phi) is 2.96. The minimum atomic E-state index is 0.244. The molecular formula is C10H12Cl2N2. The molecule has 2 N–H and O–H groups in total. The number of nitrogens with zero attached hydrogens (tertiary/aromatic N) is 1. The SMILES string of the molecule is NC1CCCC1c1cnc(Cl)c(Cl)c1. The monoisotopic (exact) mass is 230 g/mol. The summed E-state index contributed by atoms with van der Waals surface area (Å²) in [5, 5.41) is 0.880. The number of rotatable bonds is 1. The van der Waals surface area contributed by atoms with Crippen LogP contribution in [-0.4, -0.2) is 11.0 Å². The fraction of sp³-hybridized carbons (Fsp3) is 0.500. The van der Waals surface area contributed by atoms with E-state index >= 15 is 0 Å². The summed E-state index contributed by atoms with van der Waals surface area (Å²) in [6.07, 6.45) is 5.18. The third-order valence-electron chi connectivity index (χ3n) is 2.81. The van der Waals surface area contributed by atoms with Crippen molar-refractivity contribution < 1.29 is 0 Å². The lowest BCUT2D eigenvalue weighted by atomic mass is 9.96. The molecule has 0 aliphatic heterocycles. The number of nitrogens with two attached hydrogens (primary N) is 1. The van der Waals surface area contributed by atoms with Crippen LogP contribution in [0.3, 0.4) is 0 Å². The van der Waals surface area contributed by atoms with Crippen molar-refractivity contribution in [1.29, 1.82) is 0 Å². The predicted molar refractivity (Wildman–Crippen MR) is 58.8 cm³/mol. The van der Waals surface area contributed by atoms with Crippen LogP contribution in [0.2, 0.25) is 10.2 Å². The Morgan fingerprint density at radius 1 is 1.36 bits per heavy atom. The molecule has 0 bridgehead atoms. The van der Waals surface area contributed by atoms with Crippen LogP contribution >= 0.6 is 23.2 Å². The van der Waals surface area contributed by atoms with Gasteiger partial charge in [-0.15, -0.1) is 0 Å². The highest BCUT2D eigenvalue weighted by molar-refractivity contribution is 6.41. The summed E-state index contributed by atoms with van der Waals surface area (Å²) < 4.78 is 0. The van der Waals surface area contributed by atoms with E-state index in [1.165, 1.54) is 6.42 Å². The molecule has 1 aliphatic carbocycles. The van der Waals surface area contributed by atoms with Crippen LogP contribution in [0.1, 0.15) is 30.7 Å². The van der Waals surface area contributed by atoms with Crippen LogP contribution in [0.25, 0.3) is 0 Å². The second kappa shape index (κ2) is 4.05. The largest absolute Gasteiger partial charge is 0.327 e. The minimum Gasteiger partial charge on any atom is -0.327 e. The fourth-order valence-electron chi connectivity index (χ4n) is 2.04. The summed E-state index contributed by atoms with van der Waals surface area (Å²) in [5.74, 6) is 0.400.